The number of aliphatic hydroxyl groups is 1. The molecule has 0 aliphatic carbocycles. The monoisotopic (exact) mass is 290 g/mol. The Hall–Kier alpha value is -2.07. The van der Waals surface area contributed by atoms with Gasteiger partial charge in [0.15, 0.2) is 0 Å². The Kier molecular flexibility index (Phi) is 4.19. The molecule has 0 aliphatic heterocycles. The molecular weight excluding hydrogens is 271 g/mol. The minimum atomic E-state index is -1.35. The Bertz CT molecular complexity index is 628. The van der Waals surface area contributed by atoms with E-state index in [-0.39, 0.29) is 5.82 Å². The van der Waals surface area contributed by atoms with Crippen LogP contribution in [-0.2, 0) is 5.60 Å². The predicted molar refractivity (Wildman–Crippen MR) is 79.4 cm³/mol. The van der Waals surface area contributed by atoms with Crippen LogP contribution in [0.4, 0.5) is 4.39 Å². The first-order valence-corrected chi connectivity index (χ1v) is 6.61. The first-order chi connectivity index (χ1) is 9.88. The molecule has 21 heavy (non-hydrogen) atoms. The van der Waals surface area contributed by atoms with E-state index in [9.17, 15) is 9.50 Å². The molecule has 112 valence electrons. The highest BCUT2D eigenvalue weighted by atomic mass is 19.1. The molecule has 1 unspecified atom stereocenters. The van der Waals surface area contributed by atoms with Crippen molar-refractivity contribution >= 4 is 0 Å². The van der Waals surface area contributed by atoms with Crippen LogP contribution in [0.15, 0.2) is 36.4 Å². The number of rotatable bonds is 4. The number of hydrogen-bond donors (Lipinski definition) is 1. The Labute approximate surface area is 124 Å². The van der Waals surface area contributed by atoms with Gasteiger partial charge in [-0.25, -0.2) is 4.39 Å². The first-order valence-electron chi connectivity index (χ1n) is 6.61. The van der Waals surface area contributed by atoms with E-state index in [1.807, 2.05) is 0 Å². The highest BCUT2D eigenvalue weighted by Gasteiger charge is 2.27. The molecule has 2 aromatic carbocycles. The molecule has 0 aromatic heterocycles. The number of halogens is 1. The van der Waals surface area contributed by atoms with E-state index in [2.05, 4.69) is 0 Å². The molecule has 0 radical (unpaired) electrons. The number of methoxy groups -OCH3 is 2. The second-order valence-corrected chi connectivity index (χ2v) is 5.14. The average molecular weight is 290 g/mol. The Morgan fingerprint density at radius 1 is 0.952 bits per heavy atom. The molecule has 0 aliphatic rings. The fourth-order valence-corrected chi connectivity index (χ4v) is 2.15. The number of ether oxygens (including phenoxy) is 2. The summed E-state index contributed by atoms with van der Waals surface area (Å²) in [5.41, 5.74) is 0.233. The molecule has 4 heteroatoms. The highest BCUT2D eigenvalue weighted by molar-refractivity contribution is 5.45. The summed E-state index contributed by atoms with van der Waals surface area (Å²) in [6, 6.07) is 9.85. The Morgan fingerprint density at radius 2 is 1.52 bits per heavy atom. The van der Waals surface area contributed by atoms with E-state index in [0.717, 1.165) is 0 Å². The van der Waals surface area contributed by atoms with Crippen molar-refractivity contribution in [2.75, 3.05) is 14.2 Å². The topological polar surface area (TPSA) is 38.7 Å². The number of hydrogen-bond acceptors (Lipinski definition) is 3. The van der Waals surface area contributed by atoms with Crippen LogP contribution in [-0.4, -0.2) is 19.3 Å². The van der Waals surface area contributed by atoms with Crippen molar-refractivity contribution in [1.82, 2.24) is 0 Å². The zero-order valence-corrected chi connectivity index (χ0v) is 12.6. The minimum Gasteiger partial charge on any atom is -0.497 e. The van der Waals surface area contributed by atoms with E-state index in [1.54, 1.807) is 58.4 Å². The third kappa shape index (κ3) is 3.00. The zero-order valence-electron chi connectivity index (χ0n) is 12.6. The maximum atomic E-state index is 13.8. The van der Waals surface area contributed by atoms with Gasteiger partial charge < -0.3 is 14.6 Å². The van der Waals surface area contributed by atoms with Crippen molar-refractivity contribution in [3.05, 3.63) is 58.9 Å². The summed E-state index contributed by atoms with van der Waals surface area (Å²) in [6.07, 6.45) is 0. The molecule has 2 aromatic rings. The van der Waals surface area contributed by atoms with Crippen LogP contribution < -0.4 is 9.47 Å². The van der Waals surface area contributed by atoms with E-state index in [4.69, 9.17) is 9.47 Å². The predicted octanol–water partition coefficient (Wildman–Crippen LogP) is 3.41. The van der Waals surface area contributed by atoms with Gasteiger partial charge in [0, 0.05) is 6.07 Å². The van der Waals surface area contributed by atoms with Crippen LogP contribution >= 0.6 is 0 Å². The molecule has 0 spiro atoms. The highest BCUT2D eigenvalue weighted by Crippen LogP contribution is 2.34. The van der Waals surface area contributed by atoms with Gasteiger partial charge in [0.1, 0.15) is 22.9 Å². The van der Waals surface area contributed by atoms with Crippen LogP contribution in [0.5, 0.6) is 11.5 Å². The molecule has 0 amide bonds. The van der Waals surface area contributed by atoms with Gasteiger partial charge in [-0.3, -0.25) is 0 Å². The molecule has 0 bridgehead atoms. The zero-order chi connectivity index (χ0) is 15.6. The van der Waals surface area contributed by atoms with Gasteiger partial charge in [0.25, 0.3) is 0 Å². The fraction of sp³-hybridized carbons (Fsp3) is 0.294. The van der Waals surface area contributed by atoms with Gasteiger partial charge in [0.05, 0.1) is 14.2 Å². The molecule has 1 N–H and O–H groups in total. The van der Waals surface area contributed by atoms with Crippen LogP contribution in [0, 0.1) is 12.7 Å². The van der Waals surface area contributed by atoms with Crippen molar-refractivity contribution in [1.29, 1.82) is 0 Å². The molecule has 1 atom stereocenters. The average Bonchev–Trinajstić information content (AvgIpc) is 2.49. The normalized spacial score (nSPS) is 13.6. The van der Waals surface area contributed by atoms with Gasteiger partial charge in [-0.15, -0.1) is 0 Å². The van der Waals surface area contributed by atoms with E-state index >= 15 is 0 Å². The van der Waals surface area contributed by atoms with Crippen LogP contribution in [0.1, 0.15) is 23.6 Å². The summed E-state index contributed by atoms with van der Waals surface area (Å²) < 4.78 is 24.2. The van der Waals surface area contributed by atoms with Gasteiger partial charge in [-0.05, 0) is 48.7 Å². The summed E-state index contributed by atoms with van der Waals surface area (Å²) in [5.74, 6) is 0.789. The maximum absolute atomic E-state index is 13.8. The van der Waals surface area contributed by atoms with Crippen LogP contribution in [0.25, 0.3) is 0 Å². The van der Waals surface area contributed by atoms with E-state index in [1.165, 1.54) is 6.07 Å². The molecule has 2 rings (SSSR count). The van der Waals surface area contributed by atoms with Gasteiger partial charge in [-0.1, -0.05) is 12.1 Å². The Balaban J connectivity index is 2.54. The molecule has 3 nitrogen and oxygen atoms in total. The molecule has 0 fully saturated rings. The van der Waals surface area contributed by atoms with E-state index in [0.29, 0.717) is 28.2 Å². The lowest BCUT2D eigenvalue weighted by molar-refractivity contribution is 0.101. The summed E-state index contributed by atoms with van der Waals surface area (Å²) in [6.45, 7) is 3.30. The first kappa shape index (κ1) is 15.3. The lowest BCUT2D eigenvalue weighted by Crippen LogP contribution is -2.23. The molecule has 0 saturated heterocycles. The van der Waals surface area contributed by atoms with Gasteiger partial charge in [-0.2, -0.15) is 0 Å². The van der Waals surface area contributed by atoms with Crippen molar-refractivity contribution in [3.8, 4) is 11.5 Å². The standard InChI is InChI=1S/C17H19FO3/c1-11-5-6-12(9-16(11)18)17(2,19)13-7-14(20-3)10-15(8-13)21-4/h5-10,19H,1-4H3. The largest absolute Gasteiger partial charge is 0.497 e. The van der Waals surface area contributed by atoms with E-state index < -0.39 is 5.60 Å². The molecular formula is C17H19FO3. The quantitative estimate of drug-likeness (QED) is 0.938. The summed E-state index contributed by atoms with van der Waals surface area (Å²) in [5, 5.41) is 10.8. The molecule has 0 saturated carbocycles. The third-order valence-electron chi connectivity index (χ3n) is 3.65. The van der Waals surface area contributed by atoms with Gasteiger partial charge >= 0.3 is 0 Å². The van der Waals surface area contributed by atoms with Crippen molar-refractivity contribution in [2.24, 2.45) is 0 Å². The van der Waals surface area contributed by atoms with Crippen molar-refractivity contribution < 1.29 is 19.0 Å². The van der Waals surface area contributed by atoms with Crippen LogP contribution in [0.2, 0.25) is 0 Å². The fourth-order valence-electron chi connectivity index (χ4n) is 2.15. The van der Waals surface area contributed by atoms with Crippen LogP contribution in [0.3, 0.4) is 0 Å². The smallest absolute Gasteiger partial charge is 0.126 e. The summed E-state index contributed by atoms with van der Waals surface area (Å²) in [7, 11) is 3.08. The van der Waals surface area contributed by atoms with Gasteiger partial charge in [0.2, 0.25) is 0 Å². The number of benzene rings is 2. The second kappa shape index (κ2) is 5.74. The van der Waals surface area contributed by atoms with Crippen molar-refractivity contribution in [2.45, 2.75) is 19.4 Å². The Morgan fingerprint density at radius 3 is 2.00 bits per heavy atom. The summed E-state index contributed by atoms with van der Waals surface area (Å²) >= 11 is 0. The molecule has 0 heterocycles. The van der Waals surface area contributed by atoms with Crippen molar-refractivity contribution in [3.63, 3.8) is 0 Å². The SMILES string of the molecule is COc1cc(OC)cc(C(C)(O)c2ccc(C)c(F)c2)c1. The maximum Gasteiger partial charge on any atom is 0.126 e. The lowest BCUT2D eigenvalue weighted by Gasteiger charge is -2.26. The third-order valence-corrected chi connectivity index (χ3v) is 3.65. The lowest BCUT2D eigenvalue weighted by atomic mass is 9.87. The summed E-state index contributed by atoms with van der Waals surface area (Å²) in [4.78, 5) is 0. The minimum absolute atomic E-state index is 0.345. The second-order valence-electron chi connectivity index (χ2n) is 5.14. The number of aryl methyl sites for hydroxylation is 1.